The molecule has 0 spiro atoms. The molecule has 0 N–H and O–H groups in total. The molecule has 0 saturated carbocycles. The lowest BCUT2D eigenvalue weighted by molar-refractivity contribution is -0.138. The predicted octanol–water partition coefficient (Wildman–Crippen LogP) is 2.07. The van der Waals surface area contributed by atoms with Crippen LogP contribution in [-0.2, 0) is 6.18 Å². The van der Waals surface area contributed by atoms with Gasteiger partial charge in [-0.25, -0.2) is 0 Å². The molecule has 0 aromatic carbocycles. The maximum Gasteiger partial charge on any atom is 0.418 e. The standard InChI is InChI=1S/C7H6F3N2/c1-2-6-3-5(4-11-12-6)7(8,9)10/h2-4H,1H3. The lowest BCUT2D eigenvalue weighted by atomic mass is 10.2. The van der Waals surface area contributed by atoms with Crippen LogP contribution in [0.3, 0.4) is 0 Å². The Morgan fingerprint density at radius 1 is 1.42 bits per heavy atom. The maximum absolute atomic E-state index is 12.0. The molecule has 1 aromatic rings. The second-order valence-electron chi connectivity index (χ2n) is 2.16. The van der Waals surface area contributed by atoms with Crippen molar-refractivity contribution in [2.75, 3.05) is 0 Å². The maximum atomic E-state index is 12.0. The average Bonchev–Trinajstić information content (AvgIpc) is 2.03. The predicted molar refractivity (Wildman–Crippen MR) is 36.1 cm³/mol. The van der Waals surface area contributed by atoms with E-state index in [0.29, 0.717) is 6.20 Å². The molecule has 1 rings (SSSR count). The van der Waals surface area contributed by atoms with Crippen LogP contribution in [-0.4, -0.2) is 10.2 Å². The quantitative estimate of drug-likeness (QED) is 0.652. The molecule has 0 aliphatic heterocycles. The highest BCUT2D eigenvalue weighted by Crippen LogP contribution is 2.28. The Labute approximate surface area is 67.4 Å². The first-order valence-corrected chi connectivity index (χ1v) is 3.23. The van der Waals surface area contributed by atoms with Crippen molar-refractivity contribution in [2.24, 2.45) is 0 Å². The van der Waals surface area contributed by atoms with E-state index in [1.54, 1.807) is 6.92 Å². The van der Waals surface area contributed by atoms with E-state index < -0.39 is 11.7 Å². The molecule has 65 valence electrons. The van der Waals surface area contributed by atoms with Crippen molar-refractivity contribution >= 4 is 0 Å². The van der Waals surface area contributed by atoms with Crippen molar-refractivity contribution in [1.82, 2.24) is 10.2 Å². The van der Waals surface area contributed by atoms with Gasteiger partial charge in [0, 0.05) is 6.42 Å². The summed E-state index contributed by atoms with van der Waals surface area (Å²) in [6.45, 7) is 1.60. The Hall–Kier alpha value is -1.13. The molecule has 2 nitrogen and oxygen atoms in total. The Balaban J connectivity index is 3.02. The molecule has 5 heteroatoms. The third-order valence-electron chi connectivity index (χ3n) is 1.30. The van der Waals surface area contributed by atoms with Gasteiger partial charge >= 0.3 is 6.18 Å². The first kappa shape index (κ1) is 8.96. The summed E-state index contributed by atoms with van der Waals surface area (Å²) in [7, 11) is 0. The Morgan fingerprint density at radius 2 is 2.08 bits per heavy atom. The van der Waals surface area contributed by atoms with Gasteiger partial charge < -0.3 is 0 Å². The number of aromatic nitrogens is 2. The zero-order valence-corrected chi connectivity index (χ0v) is 6.26. The van der Waals surface area contributed by atoms with Crippen LogP contribution >= 0.6 is 0 Å². The molecule has 1 aromatic heterocycles. The van der Waals surface area contributed by atoms with Gasteiger partial charge in [-0.15, -0.1) is 0 Å². The van der Waals surface area contributed by atoms with E-state index in [1.807, 2.05) is 0 Å². The van der Waals surface area contributed by atoms with Gasteiger partial charge in [0.05, 0.1) is 17.5 Å². The highest BCUT2D eigenvalue weighted by atomic mass is 19.4. The van der Waals surface area contributed by atoms with Crippen LogP contribution in [0.15, 0.2) is 12.3 Å². The molecule has 1 heterocycles. The number of hydrogen-bond acceptors (Lipinski definition) is 2. The number of nitrogens with zero attached hydrogens (tertiary/aromatic N) is 2. The van der Waals surface area contributed by atoms with E-state index in [1.165, 1.54) is 6.42 Å². The minimum Gasteiger partial charge on any atom is -0.166 e. The summed E-state index contributed by atoms with van der Waals surface area (Å²) in [4.78, 5) is 0. The van der Waals surface area contributed by atoms with E-state index in [2.05, 4.69) is 10.2 Å². The fraction of sp³-hybridized carbons (Fsp3) is 0.286. The van der Waals surface area contributed by atoms with Gasteiger partial charge in [-0.1, -0.05) is 6.92 Å². The van der Waals surface area contributed by atoms with Gasteiger partial charge in [0.1, 0.15) is 0 Å². The molecular formula is C7H6F3N2. The highest BCUT2D eigenvalue weighted by Gasteiger charge is 2.31. The molecule has 0 atom stereocenters. The summed E-state index contributed by atoms with van der Waals surface area (Å²) < 4.78 is 36.1. The molecule has 0 amide bonds. The van der Waals surface area contributed by atoms with Crippen LogP contribution in [0.4, 0.5) is 13.2 Å². The molecule has 0 aliphatic carbocycles. The molecular weight excluding hydrogens is 169 g/mol. The highest BCUT2D eigenvalue weighted by molar-refractivity contribution is 5.19. The van der Waals surface area contributed by atoms with Crippen molar-refractivity contribution in [3.05, 3.63) is 29.9 Å². The van der Waals surface area contributed by atoms with Gasteiger partial charge in [-0.2, -0.15) is 23.4 Å². The Kier molecular flexibility index (Phi) is 2.30. The fourth-order valence-electron chi connectivity index (χ4n) is 0.679. The largest absolute Gasteiger partial charge is 0.418 e. The molecule has 0 fully saturated rings. The van der Waals surface area contributed by atoms with Crippen LogP contribution in [0, 0.1) is 6.42 Å². The van der Waals surface area contributed by atoms with Crippen LogP contribution in [0.2, 0.25) is 0 Å². The average molecular weight is 175 g/mol. The Bertz CT molecular complexity index is 270. The number of alkyl halides is 3. The van der Waals surface area contributed by atoms with Gasteiger partial charge in [0.25, 0.3) is 0 Å². The summed E-state index contributed by atoms with van der Waals surface area (Å²) in [6.07, 6.45) is -2.18. The third kappa shape index (κ3) is 1.93. The minimum absolute atomic E-state index is 0.227. The SMILES string of the molecule is C[CH]c1cc(C(F)(F)F)cnn1. The van der Waals surface area contributed by atoms with Gasteiger partial charge in [-0.3, -0.25) is 0 Å². The summed E-state index contributed by atoms with van der Waals surface area (Å²) in [6, 6.07) is 0.951. The third-order valence-corrected chi connectivity index (χ3v) is 1.30. The van der Waals surface area contributed by atoms with Crippen LogP contribution in [0.1, 0.15) is 18.2 Å². The first-order valence-electron chi connectivity index (χ1n) is 3.23. The fourth-order valence-corrected chi connectivity index (χ4v) is 0.679. The molecule has 0 unspecified atom stereocenters. The number of halogens is 3. The normalized spacial score (nSPS) is 11.7. The van der Waals surface area contributed by atoms with Crippen molar-refractivity contribution in [3.8, 4) is 0 Å². The number of rotatable bonds is 1. The first-order chi connectivity index (χ1) is 5.54. The zero-order valence-electron chi connectivity index (χ0n) is 6.26. The van der Waals surface area contributed by atoms with Crippen LogP contribution in [0.25, 0.3) is 0 Å². The topological polar surface area (TPSA) is 25.8 Å². The summed E-state index contributed by atoms with van der Waals surface area (Å²) in [5.74, 6) is 0. The van der Waals surface area contributed by atoms with Gasteiger partial charge in [0.2, 0.25) is 0 Å². The van der Waals surface area contributed by atoms with E-state index in [0.717, 1.165) is 6.07 Å². The van der Waals surface area contributed by atoms with Crippen molar-refractivity contribution in [1.29, 1.82) is 0 Å². The van der Waals surface area contributed by atoms with E-state index in [9.17, 15) is 13.2 Å². The van der Waals surface area contributed by atoms with Gasteiger partial charge in [-0.05, 0) is 6.07 Å². The summed E-state index contributed by atoms with van der Waals surface area (Å²) >= 11 is 0. The monoisotopic (exact) mass is 175 g/mol. The van der Waals surface area contributed by atoms with Crippen LogP contribution in [0.5, 0.6) is 0 Å². The molecule has 1 radical (unpaired) electrons. The lowest BCUT2D eigenvalue weighted by Gasteiger charge is -2.05. The zero-order chi connectivity index (χ0) is 9.19. The van der Waals surface area contributed by atoms with Crippen molar-refractivity contribution in [3.63, 3.8) is 0 Å². The second kappa shape index (κ2) is 3.08. The smallest absolute Gasteiger partial charge is 0.166 e. The lowest BCUT2D eigenvalue weighted by Crippen LogP contribution is -2.07. The Morgan fingerprint density at radius 3 is 2.58 bits per heavy atom. The molecule has 0 aliphatic rings. The molecule has 0 bridgehead atoms. The van der Waals surface area contributed by atoms with E-state index in [-0.39, 0.29) is 5.69 Å². The summed E-state index contributed by atoms with van der Waals surface area (Å²) in [5, 5.41) is 6.69. The van der Waals surface area contributed by atoms with Gasteiger partial charge in [0.15, 0.2) is 0 Å². The molecule has 12 heavy (non-hydrogen) atoms. The molecule has 0 saturated heterocycles. The number of hydrogen-bond donors (Lipinski definition) is 0. The van der Waals surface area contributed by atoms with Crippen LogP contribution < -0.4 is 0 Å². The van der Waals surface area contributed by atoms with Crippen molar-refractivity contribution < 1.29 is 13.2 Å². The minimum atomic E-state index is -4.34. The van der Waals surface area contributed by atoms with E-state index >= 15 is 0 Å². The van der Waals surface area contributed by atoms with Crippen molar-refractivity contribution in [2.45, 2.75) is 13.1 Å². The van der Waals surface area contributed by atoms with E-state index in [4.69, 9.17) is 0 Å². The second-order valence-corrected chi connectivity index (χ2v) is 2.16. The summed E-state index contributed by atoms with van der Waals surface area (Å²) in [5.41, 5.74) is -0.546.